The quantitative estimate of drug-likeness (QED) is 0.904. The minimum atomic E-state index is -0.724. The minimum Gasteiger partial charge on any atom is -0.387 e. The Balaban J connectivity index is 1.49. The number of fused-ring (bicyclic) bond motifs is 1. The van der Waals surface area contributed by atoms with Gasteiger partial charge in [-0.2, -0.15) is 0 Å². The van der Waals surface area contributed by atoms with E-state index < -0.39 is 30.4 Å². The molecular weight excluding hydrogens is 260 g/mol. The molecule has 2 aliphatic heterocycles. The number of benzene rings is 1. The van der Waals surface area contributed by atoms with E-state index >= 15 is 0 Å². The van der Waals surface area contributed by atoms with Gasteiger partial charge in [0.1, 0.15) is 18.3 Å². The smallest absolute Gasteiger partial charge is 0.190 e. The molecule has 5 nitrogen and oxygen atoms in total. The summed E-state index contributed by atoms with van der Waals surface area (Å²) in [6, 6.07) is 9.89. The van der Waals surface area contributed by atoms with Gasteiger partial charge in [0.15, 0.2) is 12.1 Å². The second-order valence-electron chi connectivity index (χ2n) is 5.63. The van der Waals surface area contributed by atoms with Gasteiger partial charge in [0.05, 0.1) is 13.2 Å². The Labute approximate surface area is 118 Å². The van der Waals surface area contributed by atoms with Gasteiger partial charge in [-0.05, 0) is 19.4 Å². The molecule has 5 heteroatoms. The van der Waals surface area contributed by atoms with E-state index in [9.17, 15) is 5.11 Å². The van der Waals surface area contributed by atoms with E-state index in [0.29, 0.717) is 13.2 Å². The van der Waals surface area contributed by atoms with Gasteiger partial charge in [-0.3, -0.25) is 0 Å². The van der Waals surface area contributed by atoms with Gasteiger partial charge in [-0.15, -0.1) is 0 Å². The number of ether oxygens (including phenoxy) is 4. The number of aliphatic hydroxyl groups is 1. The summed E-state index contributed by atoms with van der Waals surface area (Å²) in [5, 5.41) is 10.2. The molecule has 0 spiro atoms. The van der Waals surface area contributed by atoms with Gasteiger partial charge in [-0.25, -0.2) is 0 Å². The van der Waals surface area contributed by atoms with E-state index in [0.717, 1.165) is 5.56 Å². The van der Waals surface area contributed by atoms with Crippen molar-refractivity contribution in [3.63, 3.8) is 0 Å². The Morgan fingerprint density at radius 2 is 1.95 bits per heavy atom. The van der Waals surface area contributed by atoms with Crippen molar-refractivity contribution in [3.05, 3.63) is 35.9 Å². The zero-order valence-corrected chi connectivity index (χ0v) is 11.7. The molecule has 0 aromatic heterocycles. The van der Waals surface area contributed by atoms with E-state index in [1.54, 1.807) is 0 Å². The summed E-state index contributed by atoms with van der Waals surface area (Å²) < 4.78 is 22.4. The molecule has 2 saturated heterocycles. The van der Waals surface area contributed by atoms with E-state index in [2.05, 4.69) is 0 Å². The van der Waals surface area contributed by atoms with Crippen LogP contribution in [0.25, 0.3) is 0 Å². The molecule has 0 radical (unpaired) electrons. The number of hydrogen-bond donors (Lipinski definition) is 1. The Morgan fingerprint density at radius 3 is 2.65 bits per heavy atom. The maximum Gasteiger partial charge on any atom is 0.190 e. The Morgan fingerprint density at radius 1 is 1.20 bits per heavy atom. The molecule has 0 saturated carbocycles. The summed E-state index contributed by atoms with van der Waals surface area (Å²) in [6.45, 7) is 4.43. The van der Waals surface area contributed by atoms with Crippen molar-refractivity contribution in [2.75, 3.05) is 6.61 Å². The molecule has 4 atom stereocenters. The third-order valence-corrected chi connectivity index (χ3v) is 3.51. The maximum absolute atomic E-state index is 10.2. The van der Waals surface area contributed by atoms with Crippen LogP contribution in [0, 0.1) is 0 Å². The summed E-state index contributed by atoms with van der Waals surface area (Å²) >= 11 is 0. The highest BCUT2D eigenvalue weighted by molar-refractivity contribution is 5.13. The van der Waals surface area contributed by atoms with Crippen LogP contribution in [-0.2, 0) is 25.6 Å². The van der Waals surface area contributed by atoms with Crippen LogP contribution in [0.5, 0.6) is 0 Å². The molecule has 1 aromatic rings. The molecule has 2 aliphatic rings. The Hall–Kier alpha value is -0.980. The van der Waals surface area contributed by atoms with Gasteiger partial charge < -0.3 is 24.1 Å². The van der Waals surface area contributed by atoms with Crippen LogP contribution in [0.2, 0.25) is 0 Å². The topological polar surface area (TPSA) is 57.2 Å². The van der Waals surface area contributed by atoms with Crippen LogP contribution < -0.4 is 0 Å². The van der Waals surface area contributed by atoms with Gasteiger partial charge in [-0.1, -0.05) is 30.3 Å². The molecule has 2 fully saturated rings. The average molecular weight is 280 g/mol. The van der Waals surface area contributed by atoms with E-state index in [1.165, 1.54) is 0 Å². The summed E-state index contributed by atoms with van der Waals surface area (Å²) in [5.41, 5.74) is 1.09. The fraction of sp³-hybridized carbons (Fsp3) is 0.600. The lowest BCUT2D eigenvalue weighted by Gasteiger charge is -2.22. The first kappa shape index (κ1) is 14.0. The van der Waals surface area contributed by atoms with Crippen molar-refractivity contribution in [1.29, 1.82) is 0 Å². The lowest BCUT2D eigenvalue weighted by Crippen LogP contribution is -2.36. The van der Waals surface area contributed by atoms with Crippen LogP contribution in [-0.4, -0.2) is 42.1 Å². The van der Waals surface area contributed by atoms with Crippen LogP contribution in [0.1, 0.15) is 19.4 Å². The monoisotopic (exact) mass is 280 g/mol. The summed E-state index contributed by atoms with van der Waals surface area (Å²) in [6.07, 6.45) is -2.08. The van der Waals surface area contributed by atoms with Crippen LogP contribution in [0.3, 0.4) is 0 Å². The normalized spacial score (nSPS) is 35.1. The molecule has 20 heavy (non-hydrogen) atoms. The largest absolute Gasteiger partial charge is 0.387 e. The zero-order valence-electron chi connectivity index (χ0n) is 11.7. The molecule has 0 amide bonds. The highest BCUT2D eigenvalue weighted by atomic mass is 16.8. The fourth-order valence-corrected chi connectivity index (χ4v) is 2.56. The predicted octanol–water partition coefficient (Wildman–Crippen LogP) is 1.44. The van der Waals surface area contributed by atoms with Crippen molar-refractivity contribution < 1.29 is 24.1 Å². The van der Waals surface area contributed by atoms with E-state index in [1.807, 2.05) is 44.2 Å². The molecule has 1 N–H and O–H groups in total. The molecule has 0 aliphatic carbocycles. The predicted molar refractivity (Wildman–Crippen MR) is 70.8 cm³/mol. The second kappa shape index (κ2) is 5.42. The second-order valence-corrected chi connectivity index (χ2v) is 5.63. The van der Waals surface area contributed by atoms with E-state index in [4.69, 9.17) is 18.9 Å². The van der Waals surface area contributed by atoms with Gasteiger partial charge in [0.2, 0.25) is 0 Å². The Kier molecular flexibility index (Phi) is 3.79. The lowest BCUT2D eigenvalue weighted by molar-refractivity contribution is -0.220. The molecule has 2 heterocycles. The zero-order chi connectivity index (χ0) is 14.2. The van der Waals surface area contributed by atoms with Gasteiger partial charge >= 0.3 is 0 Å². The highest BCUT2D eigenvalue weighted by Gasteiger charge is 2.54. The Bertz CT molecular complexity index is 447. The van der Waals surface area contributed by atoms with Crippen LogP contribution >= 0.6 is 0 Å². The number of hydrogen-bond acceptors (Lipinski definition) is 5. The molecule has 0 bridgehead atoms. The van der Waals surface area contributed by atoms with E-state index in [-0.39, 0.29) is 0 Å². The standard InChI is InChI=1S/C15H20O5/c1-15(2)19-13-12(16)11(18-14(13)20-15)9-17-8-10-6-4-3-5-7-10/h3-7,11-14,16H,8-9H2,1-2H3. The summed E-state index contributed by atoms with van der Waals surface area (Å²) in [7, 11) is 0. The van der Waals surface area contributed by atoms with Crippen molar-refractivity contribution in [2.45, 2.75) is 50.8 Å². The molecule has 1 aromatic carbocycles. The van der Waals surface area contributed by atoms with Crippen molar-refractivity contribution >= 4 is 0 Å². The molecule has 4 unspecified atom stereocenters. The van der Waals surface area contributed by atoms with Gasteiger partial charge in [0.25, 0.3) is 0 Å². The van der Waals surface area contributed by atoms with Crippen LogP contribution in [0.4, 0.5) is 0 Å². The first-order valence-corrected chi connectivity index (χ1v) is 6.86. The summed E-state index contributed by atoms with van der Waals surface area (Å²) in [4.78, 5) is 0. The first-order valence-electron chi connectivity index (χ1n) is 6.86. The highest BCUT2D eigenvalue weighted by Crippen LogP contribution is 2.37. The number of rotatable bonds is 4. The minimum absolute atomic E-state index is 0.316. The molecule has 3 rings (SSSR count). The lowest BCUT2D eigenvalue weighted by atomic mass is 10.1. The molecular formula is C15H20O5. The average Bonchev–Trinajstić information content (AvgIpc) is 2.86. The summed E-state index contributed by atoms with van der Waals surface area (Å²) in [5.74, 6) is -0.702. The van der Waals surface area contributed by atoms with Crippen LogP contribution in [0.15, 0.2) is 30.3 Å². The third kappa shape index (κ3) is 2.87. The van der Waals surface area contributed by atoms with Crippen molar-refractivity contribution in [1.82, 2.24) is 0 Å². The number of aliphatic hydroxyl groups excluding tert-OH is 1. The van der Waals surface area contributed by atoms with Crippen molar-refractivity contribution in [3.8, 4) is 0 Å². The van der Waals surface area contributed by atoms with Gasteiger partial charge in [0, 0.05) is 0 Å². The first-order chi connectivity index (χ1) is 9.55. The SMILES string of the molecule is CC1(C)OC2OC(COCc3ccccc3)C(O)C2O1. The fourth-order valence-electron chi connectivity index (χ4n) is 2.56. The van der Waals surface area contributed by atoms with Crippen molar-refractivity contribution in [2.24, 2.45) is 0 Å². The third-order valence-electron chi connectivity index (χ3n) is 3.51. The maximum atomic E-state index is 10.2. The molecule has 110 valence electrons.